The van der Waals surface area contributed by atoms with Crippen molar-refractivity contribution in [2.75, 3.05) is 0 Å². The molecule has 39 heavy (non-hydrogen) atoms. The molecule has 12 heteroatoms. The summed E-state index contributed by atoms with van der Waals surface area (Å²) in [5, 5.41) is 10.1. The zero-order chi connectivity index (χ0) is 28.3. The van der Waals surface area contributed by atoms with Gasteiger partial charge in [0.25, 0.3) is 15.6 Å². The van der Waals surface area contributed by atoms with Gasteiger partial charge in [-0.15, -0.1) is 0 Å². The van der Waals surface area contributed by atoms with Gasteiger partial charge in [-0.25, -0.2) is 17.4 Å². The number of rotatable bonds is 4. The number of hydrogen-bond donors (Lipinski definition) is 1. The average molecular weight is 555 g/mol. The van der Waals surface area contributed by atoms with Gasteiger partial charge < -0.3 is 5.11 Å². The van der Waals surface area contributed by atoms with Gasteiger partial charge >= 0.3 is 6.18 Å². The standard InChI is InChI=1S/C27H21F3N4O4S/c1-15-4-8-19(9-5-15)39(37,38)34-21(18-7-11-23(31-13-18)27(28,29)30)12-20-25(34)32-14-33(26(20)36)24-16(2)6-10-22(35)17(24)3/h4-14,35H,1-3H3. The van der Waals surface area contributed by atoms with Gasteiger partial charge in [-0.2, -0.15) is 13.2 Å². The van der Waals surface area contributed by atoms with Crippen LogP contribution in [-0.2, 0) is 16.2 Å². The fraction of sp³-hybridized carbons (Fsp3) is 0.148. The van der Waals surface area contributed by atoms with Crippen molar-refractivity contribution in [2.24, 2.45) is 0 Å². The smallest absolute Gasteiger partial charge is 0.433 e. The van der Waals surface area contributed by atoms with Gasteiger partial charge in [0.05, 0.1) is 21.7 Å². The maximum atomic E-state index is 13.8. The molecular weight excluding hydrogens is 533 g/mol. The maximum Gasteiger partial charge on any atom is 0.433 e. The number of phenolic OH excluding ortho intramolecular Hbond substituents is 1. The van der Waals surface area contributed by atoms with E-state index in [1.165, 1.54) is 28.8 Å². The fourth-order valence-corrected chi connectivity index (χ4v) is 5.87. The van der Waals surface area contributed by atoms with Crippen LogP contribution < -0.4 is 5.56 Å². The Labute approximate surface area is 220 Å². The average Bonchev–Trinajstić information content (AvgIpc) is 3.29. The maximum absolute atomic E-state index is 13.8. The molecule has 0 saturated carbocycles. The summed E-state index contributed by atoms with van der Waals surface area (Å²) in [5.74, 6) is -0.0429. The molecule has 0 spiro atoms. The van der Waals surface area contributed by atoms with Crippen LogP contribution in [0.25, 0.3) is 28.0 Å². The van der Waals surface area contributed by atoms with Crippen molar-refractivity contribution >= 4 is 21.1 Å². The van der Waals surface area contributed by atoms with Crippen LogP contribution >= 0.6 is 0 Å². The zero-order valence-corrected chi connectivity index (χ0v) is 21.7. The monoisotopic (exact) mass is 554 g/mol. The fourth-order valence-electron chi connectivity index (χ4n) is 4.38. The Balaban J connectivity index is 1.83. The molecule has 0 saturated heterocycles. The second-order valence-electron chi connectivity index (χ2n) is 9.07. The minimum absolute atomic E-state index is 0.0346. The van der Waals surface area contributed by atoms with Crippen molar-refractivity contribution in [3.8, 4) is 22.7 Å². The summed E-state index contributed by atoms with van der Waals surface area (Å²) < 4.78 is 69.1. The molecule has 8 nitrogen and oxygen atoms in total. The first-order chi connectivity index (χ1) is 18.3. The predicted molar refractivity (Wildman–Crippen MR) is 138 cm³/mol. The van der Waals surface area contributed by atoms with Gasteiger partial charge in [0.15, 0.2) is 5.65 Å². The van der Waals surface area contributed by atoms with E-state index in [0.29, 0.717) is 16.8 Å². The lowest BCUT2D eigenvalue weighted by atomic mass is 10.1. The van der Waals surface area contributed by atoms with Gasteiger partial charge in [0.1, 0.15) is 17.8 Å². The summed E-state index contributed by atoms with van der Waals surface area (Å²) >= 11 is 0. The van der Waals surface area contributed by atoms with Crippen LogP contribution in [0.1, 0.15) is 22.4 Å². The summed E-state index contributed by atoms with van der Waals surface area (Å²) in [7, 11) is -4.36. The van der Waals surface area contributed by atoms with Crippen LogP contribution in [0, 0.1) is 20.8 Å². The number of phenols is 1. The molecule has 5 aromatic rings. The van der Waals surface area contributed by atoms with E-state index in [1.54, 1.807) is 39.0 Å². The van der Waals surface area contributed by atoms with Gasteiger partial charge in [-0.3, -0.25) is 14.3 Å². The highest BCUT2D eigenvalue weighted by molar-refractivity contribution is 7.90. The van der Waals surface area contributed by atoms with E-state index in [1.807, 2.05) is 0 Å². The molecule has 0 aliphatic rings. The minimum Gasteiger partial charge on any atom is -0.508 e. The van der Waals surface area contributed by atoms with Gasteiger partial charge in [0, 0.05) is 17.3 Å². The van der Waals surface area contributed by atoms with Crippen molar-refractivity contribution in [3.05, 3.63) is 99.9 Å². The Morgan fingerprint density at radius 3 is 2.23 bits per heavy atom. The Morgan fingerprint density at radius 1 is 0.923 bits per heavy atom. The van der Waals surface area contributed by atoms with E-state index in [0.717, 1.165) is 34.2 Å². The molecule has 3 aromatic heterocycles. The SMILES string of the molecule is Cc1ccc(S(=O)(=O)n2c(-c3ccc(C(F)(F)F)nc3)cc3c(=O)n(-c4c(C)ccc(O)c4C)cnc32)cc1. The van der Waals surface area contributed by atoms with Crippen LogP contribution in [0.5, 0.6) is 5.75 Å². The molecule has 0 fully saturated rings. The Hall–Kier alpha value is -4.45. The van der Waals surface area contributed by atoms with Gasteiger partial charge in [-0.1, -0.05) is 23.8 Å². The van der Waals surface area contributed by atoms with Gasteiger partial charge in [-0.05, 0) is 62.7 Å². The predicted octanol–water partition coefficient (Wildman–Crippen LogP) is 5.14. The second kappa shape index (κ2) is 9.09. The molecule has 0 radical (unpaired) electrons. The van der Waals surface area contributed by atoms with Crippen molar-refractivity contribution in [1.29, 1.82) is 0 Å². The number of nitrogens with zero attached hydrogens (tertiary/aromatic N) is 4. The molecule has 200 valence electrons. The van der Waals surface area contributed by atoms with Crippen LogP contribution in [0.2, 0.25) is 0 Å². The largest absolute Gasteiger partial charge is 0.508 e. The number of alkyl halides is 3. The highest BCUT2D eigenvalue weighted by atomic mass is 32.2. The Kier molecular flexibility index (Phi) is 6.10. The van der Waals surface area contributed by atoms with Crippen molar-refractivity contribution in [2.45, 2.75) is 31.8 Å². The molecule has 1 N–H and O–H groups in total. The molecule has 3 heterocycles. The quantitative estimate of drug-likeness (QED) is 0.330. The van der Waals surface area contributed by atoms with Crippen LogP contribution in [0.15, 0.2) is 76.8 Å². The third-order valence-electron chi connectivity index (χ3n) is 6.43. The number of benzene rings is 2. The summed E-state index contributed by atoms with van der Waals surface area (Å²) in [5.41, 5.74) is 0.233. The number of hydrogen-bond acceptors (Lipinski definition) is 6. The van der Waals surface area contributed by atoms with Crippen LogP contribution in [-0.4, -0.2) is 32.0 Å². The molecule has 0 atom stereocenters. The number of halogens is 3. The van der Waals surface area contributed by atoms with Crippen molar-refractivity contribution < 1.29 is 26.7 Å². The van der Waals surface area contributed by atoms with Crippen LogP contribution in [0.3, 0.4) is 0 Å². The molecular formula is C27H21F3N4O4S. The first-order valence-corrected chi connectivity index (χ1v) is 13.0. The molecule has 0 bridgehead atoms. The Morgan fingerprint density at radius 2 is 1.62 bits per heavy atom. The van der Waals surface area contributed by atoms with Crippen molar-refractivity contribution in [3.63, 3.8) is 0 Å². The van der Waals surface area contributed by atoms with E-state index in [4.69, 9.17) is 0 Å². The number of pyridine rings is 1. The second-order valence-corrected chi connectivity index (χ2v) is 10.9. The molecule has 2 aromatic carbocycles. The highest BCUT2D eigenvalue weighted by Crippen LogP contribution is 2.33. The summed E-state index contributed by atoms with van der Waals surface area (Å²) in [4.78, 5) is 21.4. The summed E-state index contributed by atoms with van der Waals surface area (Å²) in [6, 6.07) is 12.2. The molecule has 0 unspecified atom stereocenters. The van der Waals surface area contributed by atoms with E-state index in [2.05, 4.69) is 9.97 Å². The van der Waals surface area contributed by atoms with E-state index >= 15 is 0 Å². The van der Waals surface area contributed by atoms with E-state index < -0.39 is 27.5 Å². The molecule has 5 rings (SSSR count). The third-order valence-corrected chi connectivity index (χ3v) is 8.15. The first-order valence-electron chi connectivity index (χ1n) is 11.6. The lowest BCUT2D eigenvalue weighted by Crippen LogP contribution is -2.21. The van der Waals surface area contributed by atoms with Crippen molar-refractivity contribution in [1.82, 2.24) is 18.5 Å². The Bertz CT molecular complexity index is 1910. The first kappa shape index (κ1) is 26.2. The lowest BCUT2D eigenvalue weighted by Gasteiger charge is -2.14. The molecule has 0 aliphatic heterocycles. The summed E-state index contributed by atoms with van der Waals surface area (Å²) in [6.07, 6.45) is -2.62. The number of aromatic nitrogens is 4. The van der Waals surface area contributed by atoms with E-state index in [9.17, 15) is 31.5 Å². The number of aryl methyl sites for hydroxylation is 2. The third kappa shape index (κ3) is 4.36. The topological polar surface area (TPSA) is 107 Å². The lowest BCUT2D eigenvalue weighted by molar-refractivity contribution is -0.141. The zero-order valence-electron chi connectivity index (χ0n) is 20.9. The minimum atomic E-state index is -4.69. The van der Waals surface area contributed by atoms with Crippen LogP contribution in [0.4, 0.5) is 13.2 Å². The molecule has 0 amide bonds. The normalized spacial score (nSPS) is 12.3. The van der Waals surface area contributed by atoms with Gasteiger partial charge in [0.2, 0.25) is 0 Å². The molecule has 0 aliphatic carbocycles. The number of aromatic hydroxyl groups is 1. The summed E-state index contributed by atoms with van der Waals surface area (Å²) in [6.45, 7) is 5.15. The van der Waals surface area contributed by atoms with E-state index in [-0.39, 0.29) is 32.9 Å². The number of fused-ring (bicyclic) bond motifs is 1. The highest BCUT2D eigenvalue weighted by Gasteiger charge is 2.33.